The zero-order valence-corrected chi connectivity index (χ0v) is 17.4. The molecule has 0 saturated carbocycles. The standard InChI is InChI=1S/C22H34FN5O/c1-25-22(28-10-4-5-18(15-28)13-21(24)29)26-14-17-8-11-27(12-9-17)16-19-6-2-3-7-20(19)23/h2-3,6-7,17-18H,4-5,8-16H2,1H3,(H2,24,29)(H,25,26). The summed E-state index contributed by atoms with van der Waals surface area (Å²) >= 11 is 0. The molecule has 6 nitrogen and oxygen atoms in total. The number of halogens is 1. The number of nitrogens with zero attached hydrogens (tertiary/aromatic N) is 3. The van der Waals surface area contributed by atoms with Crippen molar-refractivity contribution in [3.05, 3.63) is 35.6 Å². The van der Waals surface area contributed by atoms with E-state index in [0.717, 1.165) is 69.9 Å². The SMILES string of the molecule is CN=C(NCC1CCN(Cc2ccccc2F)CC1)N1CCCC(CC(N)=O)C1. The number of amides is 1. The molecule has 1 aromatic carbocycles. The topological polar surface area (TPSA) is 74.0 Å². The average Bonchev–Trinajstić information content (AvgIpc) is 2.71. The first kappa shape index (κ1) is 21.6. The molecule has 0 spiro atoms. The van der Waals surface area contributed by atoms with Crippen molar-refractivity contribution < 1.29 is 9.18 Å². The van der Waals surface area contributed by atoms with Gasteiger partial charge in [-0.1, -0.05) is 18.2 Å². The van der Waals surface area contributed by atoms with Gasteiger partial charge in [0.2, 0.25) is 5.91 Å². The lowest BCUT2D eigenvalue weighted by Crippen LogP contribution is -2.48. The molecule has 1 atom stereocenters. The number of nitrogens with one attached hydrogen (secondary N) is 1. The Hall–Kier alpha value is -2.15. The van der Waals surface area contributed by atoms with Crippen LogP contribution in [0.4, 0.5) is 4.39 Å². The average molecular weight is 404 g/mol. The van der Waals surface area contributed by atoms with Crippen LogP contribution in [0.1, 0.15) is 37.7 Å². The number of hydrogen-bond donors (Lipinski definition) is 2. The number of piperidine rings is 2. The molecule has 3 N–H and O–H groups in total. The van der Waals surface area contributed by atoms with Gasteiger partial charge < -0.3 is 16.0 Å². The van der Waals surface area contributed by atoms with Gasteiger partial charge in [-0.3, -0.25) is 14.7 Å². The molecule has 1 amide bonds. The van der Waals surface area contributed by atoms with Crippen LogP contribution in [0.5, 0.6) is 0 Å². The van der Waals surface area contributed by atoms with E-state index in [-0.39, 0.29) is 11.7 Å². The number of aliphatic imine (C=N–C) groups is 1. The number of carbonyl (C=O) groups is 1. The fraction of sp³-hybridized carbons (Fsp3) is 0.636. The van der Waals surface area contributed by atoms with Crippen molar-refractivity contribution in [3.8, 4) is 0 Å². The Morgan fingerprint density at radius 2 is 1.97 bits per heavy atom. The summed E-state index contributed by atoms with van der Waals surface area (Å²) in [7, 11) is 1.82. The minimum absolute atomic E-state index is 0.115. The highest BCUT2D eigenvalue weighted by Gasteiger charge is 2.25. The van der Waals surface area contributed by atoms with Crippen LogP contribution in [0.3, 0.4) is 0 Å². The third kappa shape index (κ3) is 6.42. The zero-order valence-electron chi connectivity index (χ0n) is 17.4. The Balaban J connectivity index is 1.42. The number of benzene rings is 1. The summed E-state index contributed by atoms with van der Waals surface area (Å²) < 4.78 is 13.9. The van der Waals surface area contributed by atoms with Crippen LogP contribution in [-0.4, -0.2) is 61.4 Å². The van der Waals surface area contributed by atoms with Gasteiger partial charge in [0.25, 0.3) is 0 Å². The molecule has 2 fully saturated rings. The van der Waals surface area contributed by atoms with Crippen molar-refractivity contribution in [1.82, 2.24) is 15.1 Å². The molecule has 0 aliphatic carbocycles. The van der Waals surface area contributed by atoms with Crippen molar-refractivity contribution in [2.45, 2.75) is 38.6 Å². The Morgan fingerprint density at radius 1 is 1.21 bits per heavy atom. The first-order chi connectivity index (χ1) is 14.0. The lowest BCUT2D eigenvalue weighted by molar-refractivity contribution is -0.119. The summed E-state index contributed by atoms with van der Waals surface area (Å²) in [6.45, 7) is 5.37. The lowest BCUT2D eigenvalue weighted by Gasteiger charge is -2.36. The second kappa shape index (κ2) is 10.6. The Kier molecular flexibility index (Phi) is 7.86. The van der Waals surface area contributed by atoms with Crippen LogP contribution >= 0.6 is 0 Å². The monoisotopic (exact) mass is 403 g/mol. The Morgan fingerprint density at radius 3 is 2.66 bits per heavy atom. The second-order valence-corrected chi connectivity index (χ2v) is 8.36. The van der Waals surface area contributed by atoms with Crippen LogP contribution in [0.15, 0.2) is 29.3 Å². The molecule has 0 aromatic heterocycles. The predicted octanol–water partition coefficient (Wildman–Crippen LogP) is 2.20. The highest BCUT2D eigenvalue weighted by Crippen LogP contribution is 2.21. The van der Waals surface area contributed by atoms with Crippen molar-refractivity contribution in [2.24, 2.45) is 22.6 Å². The number of nitrogens with two attached hydrogens (primary N) is 1. The van der Waals surface area contributed by atoms with Gasteiger partial charge in [0.05, 0.1) is 0 Å². The first-order valence-corrected chi connectivity index (χ1v) is 10.7. The maximum Gasteiger partial charge on any atom is 0.217 e. The normalized spacial score (nSPS) is 21.9. The van der Waals surface area contributed by atoms with E-state index < -0.39 is 0 Å². The third-order valence-corrected chi connectivity index (χ3v) is 6.13. The van der Waals surface area contributed by atoms with Crippen molar-refractivity contribution in [2.75, 3.05) is 39.8 Å². The van der Waals surface area contributed by atoms with E-state index in [0.29, 0.717) is 24.8 Å². The quantitative estimate of drug-likeness (QED) is 0.564. The number of likely N-dealkylation sites (tertiary alicyclic amines) is 2. The Labute approximate surface area is 173 Å². The van der Waals surface area contributed by atoms with Crippen LogP contribution < -0.4 is 11.1 Å². The number of rotatable bonds is 6. The minimum Gasteiger partial charge on any atom is -0.370 e. The molecule has 1 unspecified atom stereocenters. The van der Waals surface area contributed by atoms with Crippen LogP contribution in [0, 0.1) is 17.7 Å². The molecule has 29 heavy (non-hydrogen) atoms. The van der Waals surface area contributed by atoms with Crippen LogP contribution in [0.25, 0.3) is 0 Å². The summed E-state index contributed by atoms with van der Waals surface area (Å²) in [5, 5.41) is 3.54. The molecular formula is C22H34FN5O. The van der Waals surface area contributed by atoms with E-state index >= 15 is 0 Å². The van der Waals surface area contributed by atoms with Crippen molar-refractivity contribution in [3.63, 3.8) is 0 Å². The summed E-state index contributed by atoms with van der Waals surface area (Å²) in [6, 6.07) is 7.04. The molecule has 2 heterocycles. The van der Waals surface area contributed by atoms with Crippen LogP contribution in [-0.2, 0) is 11.3 Å². The predicted molar refractivity (Wildman–Crippen MR) is 114 cm³/mol. The third-order valence-electron chi connectivity index (χ3n) is 6.13. The first-order valence-electron chi connectivity index (χ1n) is 10.7. The summed E-state index contributed by atoms with van der Waals surface area (Å²) in [6.07, 6.45) is 4.77. The van der Waals surface area contributed by atoms with E-state index in [1.54, 1.807) is 6.07 Å². The van der Waals surface area contributed by atoms with Gasteiger partial charge >= 0.3 is 0 Å². The molecule has 0 bridgehead atoms. The van der Waals surface area contributed by atoms with Gasteiger partial charge in [-0.2, -0.15) is 0 Å². The molecule has 2 aliphatic heterocycles. The molecular weight excluding hydrogens is 369 g/mol. The van der Waals surface area contributed by atoms with Crippen LogP contribution in [0.2, 0.25) is 0 Å². The minimum atomic E-state index is -0.220. The van der Waals surface area contributed by atoms with Gasteiger partial charge in [-0.05, 0) is 56.7 Å². The molecule has 3 rings (SSSR count). The van der Waals surface area contributed by atoms with E-state index in [2.05, 4.69) is 20.1 Å². The fourth-order valence-electron chi connectivity index (χ4n) is 4.49. The fourth-order valence-corrected chi connectivity index (χ4v) is 4.49. The van der Waals surface area contributed by atoms with Crippen molar-refractivity contribution >= 4 is 11.9 Å². The number of hydrogen-bond acceptors (Lipinski definition) is 3. The van der Waals surface area contributed by atoms with Gasteiger partial charge in [0, 0.05) is 45.2 Å². The van der Waals surface area contributed by atoms with Gasteiger partial charge in [-0.25, -0.2) is 4.39 Å². The second-order valence-electron chi connectivity index (χ2n) is 8.36. The number of guanidine groups is 1. The molecule has 1 aromatic rings. The zero-order chi connectivity index (χ0) is 20.6. The van der Waals surface area contributed by atoms with E-state index in [1.165, 1.54) is 6.07 Å². The lowest BCUT2D eigenvalue weighted by atomic mass is 9.94. The molecule has 7 heteroatoms. The van der Waals surface area contributed by atoms with E-state index in [4.69, 9.17) is 5.73 Å². The van der Waals surface area contributed by atoms with Gasteiger partial charge in [-0.15, -0.1) is 0 Å². The molecule has 160 valence electrons. The Bertz CT molecular complexity index is 702. The number of carbonyl (C=O) groups excluding carboxylic acids is 1. The van der Waals surface area contributed by atoms with Gasteiger partial charge in [0.1, 0.15) is 5.82 Å². The van der Waals surface area contributed by atoms with E-state index in [9.17, 15) is 9.18 Å². The van der Waals surface area contributed by atoms with E-state index in [1.807, 2.05) is 19.2 Å². The summed E-state index contributed by atoms with van der Waals surface area (Å²) in [4.78, 5) is 20.3. The molecule has 2 aliphatic rings. The summed E-state index contributed by atoms with van der Waals surface area (Å²) in [5.41, 5.74) is 6.15. The van der Waals surface area contributed by atoms with Crippen molar-refractivity contribution in [1.29, 1.82) is 0 Å². The maximum atomic E-state index is 13.9. The smallest absolute Gasteiger partial charge is 0.217 e. The maximum absolute atomic E-state index is 13.9. The molecule has 2 saturated heterocycles. The van der Waals surface area contributed by atoms with Gasteiger partial charge in [0.15, 0.2) is 5.96 Å². The number of primary amides is 1. The largest absolute Gasteiger partial charge is 0.370 e. The highest BCUT2D eigenvalue weighted by molar-refractivity contribution is 5.80. The summed E-state index contributed by atoms with van der Waals surface area (Å²) in [5.74, 6) is 1.50. The highest BCUT2D eigenvalue weighted by atomic mass is 19.1. The molecule has 0 radical (unpaired) electrons.